The van der Waals surface area contributed by atoms with Gasteiger partial charge in [-0.15, -0.1) is 10.2 Å². The van der Waals surface area contributed by atoms with Crippen LogP contribution in [0.1, 0.15) is 29.8 Å². The smallest absolute Gasteiger partial charge is 0.230 e. The van der Waals surface area contributed by atoms with Crippen molar-refractivity contribution in [2.75, 3.05) is 12.4 Å². The molecule has 1 aromatic carbocycles. The minimum atomic E-state index is -0.395. The summed E-state index contributed by atoms with van der Waals surface area (Å²) in [6.45, 7) is 0. The van der Waals surface area contributed by atoms with E-state index in [0.717, 1.165) is 36.4 Å². The SMILES string of the molecule is CN/C(N)=C/C=C(\N)CCCCc1nnc(NC(=O)Cc2ccccc2F)s1. The van der Waals surface area contributed by atoms with Crippen LogP contribution in [0.4, 0.5) is 9.52 Å². The molecule has 150 valence electrons. The number of hydrogen-bond acceptors (Lipinski definition) is 7. The number of hydrogen-bond donors (Lipinski definition) is 4. The third-order valence-electron chi connectivity index (χ3n) is 3.89. The molecule has 1 aromatic heterocycles. The second-order valence-corrected chi connectivity index (χ2v) is 7.20. The van der Waals surface area contributed by atoms with Crippen LogP contribution in [-0.2, 0) is 17.6 Å². The lowest BCUT2D eigenvalue weighted by atomic mass is 10.1. The number of benzene rings is 1. The highest BCUT2D eigenvalue weighted by Crippen LogP contribution is 2.18. The van der Waals surface area contributed by atoms with Gasteiger partial charge in [-0.2, -0.15) is 0 Å². The van der Waals surface area contributed by atoms with Gasteiger partial charge in [0.15, 0.2) is 0 Å². The molecule has 0 aliphatic rings. The number of anilines is 1. The van der Waals surface area contributed by atoms with Crippen molar-refractivity contribution in [1.29, 1.82) is 0 Å². The van der Waals surface area contributed by atoms with E-state index in [9.17, 15) is 9.18 Å². The molecule has 2 aromatic rings. The summed E-state index contributed by atoms with van der Waals surface area (Å²) in [6.07, 6.45) is 6.80. The van der Waals surface area contributed by atoms with Crippen LogP contribution in [0.2, 0.25) is 0 Å². The van der Waals surface area contributed by atoms with Crippen LogP contribution in [-0.4, -0.2) is 23.2 Å². The standard InChI is InChI=1S/C19H25FN6OS/c1-23-16(22)11-10-14(21)7-3-5-9-18-25-26-19(28-18)24-17(27)12-13-6-2-4-8-15(13)20/h2,4,6,8,10-11,23H,3,5,7,9,12,21-22H2,1H3,(H,24,26,27)/b14-10-,16-11+. The average molecular weight is 405 g/mol. The lowest BCUT2D eigenvalue weighted by Crippen LogP contribution is -2.15. The van der Waals surface area contributed by atoms with Crippen molar-refractivity contribution in [2.24, 2.45) is 11.5 Å². The molecule has 0 fully saturated rings. The highest BCUT2D eigenvalue weighted by molar-refractivity contribution is 7.15. The number of rotatable bonds is 10. The van der Waals surface area contributed by atoms with Crippen LogP contribution in [0.25, 0.3) is 0 Å². The molecule has 0 radical (unpaired) electrons. The van der Waals surface area contributed by atoms with Gasteiger partial charge in [0.25, 0.3) is 0 Å². The fourth-order valence-corrected chi connectivity index (χ4v) is 3.15. The van der Waals surface area contributed by atoms with Crippen LogP contribution in [0.5, 0.6) is 0 Å². The Morgan fingerprint density at radius 1 is 1.21 bits per heavy atom. The number of carbonyl (C=O) groups is 1. The Morgan fingerprint density at radius 3 is 2.75 bits per heavy atom. The van der Waals surface area contributed by atoms with Gasteiger partial charge in [-0.1, -0.05) is 29.5 Å². The summed E-state index contributed by atoms with van der Waals surface area (Å²) in [7, 11) is 1.74. The molecule has 0 saturated heterocycles. The number of allylic oxidation sites excluding steroid dienone is 3. The first-order chi connectivity index (χ1) is 13.5. The maximum absolute atomic E-state index is 13.6. The second-order valence-electron chi connectivity index (χ2n) is 6.14. The van der Waals surface area contributed by atoms with Crippen LogP contribution < -0.4 is 22.1 Å². The molecule has 28 heavy (non-hydrogen) atoms. The number of halogens is 1. The topological polar surface area (TPSA) is 119 Å². The number of nitrogens with one attached hydrogen (secondary N) is 2. The summed E-state index contributed by atoms with van der Waals surface area (Å²) in [6, 6.07) is 6.21. The van der Waals surface area contributed by atoms with E-state index >= 15 is 0 Å². The Hall–Kier alpha value is -2.94. The summed E-state index contributed by atoms with van der Waals surface area (Å²) >= 11 is 1.32. The highest BCUT2D eigenvalue weighted by atomic mass is 32.1. The van der Waals surface area contributed by atoms with Gasteiger partial charge in [-0.05, 0) is 43.0 Å². The minimum absolute atomic E-state index is 0.0420. The molecule has 1 heterocycles. The number of nitrogens with zero attached hydrogens (tertiary/aromatic N) is 2. The van der Waals surface area contributed by atoms with Gasteiger partial charge in [0, 0.05) is 19.2 Å². The second kappa shape index (κ2) is 11.0. The largest absolute Gasteiger partial charge is 0.402 e. The molecule has 0 bridgehead atoms. The summed E-state index contributed by atoms with van der Waals surface area (Å²) in [4.78, 5) is 12.0. The van der Waals surface area contributed by atoms with Crippen molar-refractivity contribution in [1.82, 2.24) is 15.5 Å². The van der Waals surface area contributed by atoms with Crippen LogP contribution >= 0.6 is 11.3 Å². The Kier molecular flexibility index (Phi) is 8.41. The zero-order valence-electron chi connectivity index (χ0n) is 15.7. The Balaban J connectivity index is 1.73. The molecule has 2 rings (SSSR count). The van der Waals surface area contributed by atoms with E-state index in [1.165, 1.54) is 17.4 Å². The van der Waals surface area contributed by atoms with Crippen molar-refractivity contribution in [2.45, 2.75) is 32.1 Å². The molecule has 0 unspecified atom stereocenters. The minimum Gasteiger partial charge on any atom is -0.402 e. The maximum atomic E-state index is 13.6. The summed E-state index contributed by atoms with van der Waals surface area (Å²) in [5.41, 5.74) is 12.7. The molecular formula is C19H25FN6OS. The van der Waals surface area contributed by atoms with E-state index in [2.05, 4.69) is 20.8 Å². The van der Waals surface area contributed by atoms with Gasteiger partial charge in [0.2, 0.25) is 11.0 Å². The first-order valence-corrected chi connectivity index (χ1v) is 9.74. The van der Waals surface area contributed by atoms with Gasteiger partial charge >= 0.3 is 0 Å². The van der Waals surface area contributed by atoms with Gasteiger partial charge in [0.05, 0.1) is 12.2 Å². The fourth-order valence-electron chi connectivity index (χ4n) is 2.35. The Labute approximate surface area is 167 Å². The Bertz CT molecular complexity index is 848. The van der Waals surface area contributed by atoms with Gasteiger partial charge in [-0.3, -0.25) is 4.79 Å². The number of amides is 1. The third-order valence-corrected chi connectivity index (χ3v) is 4.79. The zero-order chi connectivity index (χ0) is 20.4. The first kappa shape index (κ1) is 21.4. The molecule has 0 aliphatic heterocycles. The highest BCUT2D eigenvalue weighted by Gasteiger charge is 2.11. The van der Waals surface area contributed by atoms with E-state index in [0.29, 0.717) is 16.5 Å². The van der Waals surface area contributed by atoms with E-state index in [-0.39, 0.29) is 12.3 Å². The number of unbranched alkanes of at least 4 members (excludes halogenated alkanes) is 1. The normalized spacial score (nSPS) is 12.1. The molecule has 0 aliphatic carbocycles. The molecule has 1 amide bonds. The maximum Gasteiger partial charge on any atom is 0.230 e. The van der Waals surface area contributed by atoms with Gasteiger partial charge < -0.3 is 22.1 Å². The van der Waals surface area contributed by atoms with Crippen molar-refractivity contribution >= 4 is 22.4 Å². The lowest BCUT2D eigenvalue weighted by molar-refractivity contribution is -0.115. The number of aryl methyl sites for hydroxylation is 1. The monoisotopic (exact) mass is 404 g/mol. The molecule has 6 N–H and O–H groups in total. The number of aromatic nitrogens is 2. The predicted octanol–water partition coefficient (Wildman–Crippen LogP) is 2.43. The van der Waals surface area contributed by atoms with Crippen molar-refractivity contribution in [3.63, 3.8) is 0 Å². The van der Waals surface area contributed by atoms with Crippen molar-refractivity contribution in [3.05, 3.63) is 64.3 Å². The van der Waals surface area contributed by atoms with Crippen LogP contribution in [0, 0.1) is 5.82 Å². The van der Waals surface area contributed by atoms with Crippen molar-refractivity contribution < 1.29 is 9.18 Å². The quantitative estimate of drug-likeness (QED) is 0.357. The third kappa shape index (κ3) is 7.36. The van der Waals surface area contributed by atoms with E-state index in [1.54, 1.807) is 37.4 Å². The molecule has 0 atom stereocenters. The number of nitrogens with two attached hydrogens (primary N) is 2. The fraction of sp³-hybridized carbons (Fsp3) is 0.316. The average Bonchev–Trinajstić information content (AvgIpc) is 3.12. The molecule has 9 heteroatoms. The van der Waals surface area contributed by atoms with Gasteiger partial charge in [0.1, 0.15) is 10.8 Å². The van der Waals surface area contributed by atoms with Crippen LogP contribution in [0.15, 0.2) is 47.9 Å². The van der Waals surface area contributed by atoms with E-state index in [4.69, 9.17) is 11.5 Å². The van der Waals surface area contributed by atoms with Crippen LogP contribution in [0.3, 0.4) is 0 Å². The first-order valence-electron chi connectivity index (χ1n) is 8.93. The molecule has 7 nitrogen and oxygen atoms in total. The van der Waals surface area contributed by atoms with Crippen molar-refractivity contribution in [3.8, 4) is 0 Å². The summed E-state index contributed by atoms with van der Waals surface area (Å²) in [5, 5.41) is 14.8. The lowest BCUT2D eigenvalue weighted by Gasteiger charge is -2.02. The molecule has 0 saturated carbocycles. The number of carbonyl (C=O) groups excluding carboxylic acids is 1. The summed E-state index contributed by atoms with van der Waals surface area (Å²) in [5.74, 6) is -0.158. The molecule has 0 spiro atoms. The van der Waals surface area contributed by atoms with E-state index < -0.39 is 5.82 Å². The molecular weight excluding hydrogens is 379 g/mol. The van der Waals surface area contributed by atoms with Gasteiger partial charge in [-0.25, -0.2) is 4.39 Å². The predicted molar refractivity (Wildman–Crippen MR) is 110 cm³/mol. The van der Waals surface area contributed by atoms with E-state index in [1.807, 2.05) is 0 Å². The zero-order valence-corrected chi connectivity index (χ0v) is 16.6. The summed E-state index contributed by atoms with van der Waals surface area (Å²) < 4.78 is 13.6. The Morgan fingerprint density at radius 2 is 2.00 bits per heavy atom.